The van der Waals surface area contributed by atoms with Crippen LogP contribution in [0.25, 0.3) is 0 Å². The molecule has 0 spiro atoms. The number of sulfonamides is 1. The van der Waals surface area contributed by atoms with E-state index in [1.165, 1.54) is 12.1 Å². The van der Waals surface area contributed by atoms with Gasteiger partial charge in [0.05, 0.1) is 22.7 Å². The number of amides is 2. The molecule has 3 aromatic carbocycles. The van der Waals surface area contributed by atoms with Gasteiger partial charge in [0.25, 0.3) is 10.0 Å². The molecular weight excluding hydrogens is 533 g/mol. The SMILES string of the molecule is Cc1ccc(S(=O)(=O)N2c3ccccc3NC(=O)[C@H]2CC(=O)Nc2ccc(N3CCN(CCF)CC3)cc2)cc1. The van der Waals surface area contributed by atoms with Crippen molar-refractivity contribution in [1.29, 1.82) is 0 Å². The molecular formula is C29H32FN5O4S. The molecule has 5 rings (SSSR count). The molecule has 2 N–H and O–H groups in total. The van der Waals surface area contributed by atoms with Gasteiger partial charge in [0, 0.05) is 44.1 Å². The van der Waals surface area contributed by atoms with E-state index < -0.39 is 27.9 Å². The summed E-state index contributed by atoms with van der Waals surface area (Å²) in [5.41, 5.74) is 3.10. The Kier molecular flexibility index (Phi) is 8.04. The second-order valence-electron chi connectivity index (χ2n) is 9.95. The Morgan fingerprint density at radius 3 is 2.33 bits per heavy atom. The molecule has 2 aliphatic heterocycles. The summed E-state index contributed by atoms with van der Waals surface area (Å²) in [5, 5.41) is 5.54. The standard InChI is InChI=1S/C29H32FN5O4S/c1-21-6-12-24(13-7-21)40(38,39)35-26-5-3-2-4-25(26)32-29(37)27(35)20-28(36)31-22-8-10-23(11-9-22)34-18-16-33(15-14-30)17-19-34/h2-13,27H,14-20H2,1H3,(H,31,36)(H,32,37)/t27-/m1/s1. The van der Waals surface area contributed by atoms with Crippen LogP contribution < -0.4 is 19.8 Å². The number of halogens is 1. The van der Waals surface area contributed by atoms with Crippen molar-refractivity contribution in [2.24, 2.45) is 0 Å². The molecule has 2 amide bonds. The number of hydrogen-bond acceptors (Lipinski definition) is 6. The summed E-state index contributed by atoms with van der Waals surface area (Å²) >= 11 is 0. The minimum Gasteiger partial charge on any atom is -0.369 e. The molecule has 0 saturated carbocycles. The number of rotatable bonds is 8. The fourth-order valence-electron chi connectivity index (χ4n) is 5.05. The van der Waals surface area contributed by atoms with Crippen LogP contribution in [0.15, 0.2) is 77.7 Å². The van der Waals surface area contributed by atoms with E-state index in [2.05, 4.69) is 20.4 Å². The zero-order valence-corrected chi connectivity index (χ0v) is 23.0. The van der Waals surface area contributed by atoms with Gasteiger partial charge in [-0.05, 0) is 55.5 Å². The van der Waals surface area contributed by atoms with Crippen LogP contribution in [0.3, 0.4) is 0 Å². The summed E-state index contributed by atoms with van der Waals surface area (Å²) in [6.07, 6.45) is -0.371. The molecule has 9 nitrogen and oxygen atoms in total. The quantitative estimate of drug-likeness (QED) is 0.433. The van der Waals surface area contributed by atoms with E-state index in [1.54, 1.807) is 48.5 Å². The van der Waals surface area contributed by atoms with Crippen molar-refractivity contribution in [3.05, 3.63) is 78.4 Å². The molecule has 40 heavy (non-hydrogen) atoms. The lowest BCUT2D eigenvalue weighted by atomic mass is 10.1. The van der Waals surface area contributed by atoms with Gasteiger partial charge in [-0.25, -0.2) is 12.8 Å². The maximum atomic E-state index is 13.8. The van der Waals surface area contributed by atoms with Gasteiger partial charge in [0.2, 0.25) is 11.8 Å². The lowest BCUT2D eigenvalue weighted by Crippen LogP contribution is -2.52. The minimum absolute atomic E-state index is 0.0362. The van der Waals surface area contributed by atoms with Crippen molar-refractivity contribution in [3.8, 4) is 0 Å². The highest BCUT2D eigenvalue weighted by molar-refractivity contribution is 7.93. The van der Waals surface area contributed by atoms with E-state index in [0.717, 1.165) is 41.7 Å². The fourth-order valence-corrected chi connectivity index (χ4v) is 6.68. The highest BCUT2D eigenvalue weighted by Gasteiger charge is 2.42. The Morgan fingerprint density at radius 1 is 0.975 bits per heavy atom. The van der Waals surface area contributed by atoms with Crippen molar-refractivity contribution in [3.63, 3.8) is 0 Å². The summed E-state index contributed by atoms with van der Waals surface area (Å²) in [6, 6.07) is 19.1. The number of alkyl halides is 1. The number of carbonyl (C=O) groups is 2. The second-order valence-corrected chi connectivity index (χ2v) is 11.8. The van der Waals surface area contributed by atoms with Crippen LogP contribution in [0, 0.1) is 6.92 Å². The zero-order valence-electron chi connectivity index (χ0n) is 22.2. The Balaban J connectivity index is 1.32. The van der Waals surface area contributed by atoms with Gasteiger partial charge in [-0.2, -0.15) is 0 Å². The first kappa shape index (κ1) is 27.6. The monoisotopic (exact) mass is 565 g/mol. The van der Waals surface area contributed by atoms with Crippen molar-refractivity contribution in [2.75, 3.05) is 59.2 Å². The molecule has 11 heteroatoms. The first-order valence-corrected chi connectivity index (χ1v) is 14.6. The smallest absolute Gasteiger partial charge is 0.265 e. The van der Waals surface area contributed by atoms with E-state index >= 15 is 0 Å². The highest BCUT2D eigenvalue weighted by atomic mass is 32.2. The summed E-state index contributed by atoms with van der Waals surface area (Å²) in [6.45, 7) is 5.11. The zero-order chi connectivity index (χ0) is 28.3. The van der Waals surface area contributed by atoms with Gasteiger partial charge in [-0.15, -0.1) is 0 Å². The van der Waals surface area contributed by atoms with Gasteiger partial charge in [0.15, 0.2) is 0 Å². The second kappa shape index (κ2) is 11.6. The first-order valence-electron chi connectivity index (χ1n) is 13.2. The molecule has 0 bridgehead atoms. The number of hydrogen-bond donors (Lipinski definition) is 2. The number of piperazine rings is 1. The summed E-state index contributed by atoms with van der Waals surface area (Å²) < 4.78 is 41.2. The summed E-state index contributed by atoms with van der Waals surface area (Å²) in [7, 11) is -4.16. The number of nitrogens with zero attached hydrogens (tertiary/aromatic N) is 3. The van der Waals surface area contributed by atoms with Gasteiger partial charge >= 0.3 is 0 Å². The van der Waals surface area contributed by atoms with Crippen LogP contribution in [0.2, 0.25) is 0 Å². The maximum Gasteiger partial charge on any atom is 0.265 e. The van der Waals surface area contributed by atoms with Crippen LogP contribution in [0.5, 0.6) is 0 Å². The third-order valence-electron chi connectivity index (χ3n) is 7.23. The molecule has 0 radical (unpaired) electrons. The maximum absolute atomic E-state index is 13.8. The summed E-state index contributed by atoms with van der Waals surface area (Å²) in [4.78, 5) is 30.6. The van der Waals surface area contributed by atoms with E-state index in [0.29, 0.717) is 23.6 Å². The molecule has 2 aliphatic rings. The lowest BCUT2D eigenvalue weighted by Gasteiger charge is -2.36. The highest BCUT2D eigenvalue weighted by Crippen LogP contribution is 2.37. The average Bonchev–Trinajstić information content (AvgIpc) is 2.94. The van der Waals surface area contributed by atoms with Gasteiger partial charge in [-0.1, -0.05) is 29.8 Å². The van der Waals surface area contributed by atoms with E-state index in [-0.39, 0.29) is 18.0 Å². The normalized spacial score (nSPS) is 17.8. The van der Waals surface area contributed by atoms with E-state index in [9.17, 15) is 22.4 Å². The van der Waals surface area contributed by atoms with Crippen molar-refractivity contribution in [2.45, 2.75) is 24.3 Å². The number of benzene rings is 3. The van der Waals surface area contributed by atoms with Crippen LogP contribution in [-0.4, -0.2) is 70.6 Å². The largest absolute Gasteiger partial charge is 0.369 e. The summed E-state index contributed by atoms with van der Waals surface area (Å²) in [5.74, 6) is -1.07. The third-order valence-corrected chi connectivity index (χ3v) is 9.07. The number of aryl methyl sites for hydroxylation is 1. The van der Waals surface area contributed by atoms with Crippen LogP contribution in [0.4, 0.5) is 27.1 Å². The Morgan fingerprint density at radius 2 is 1.65 bits per heavy atom. The van der Waals surface area contributed by atoms with Gasteiger partial charge in [0.1, 0.15) is 12.7 Å². The van der Waals surface area contributed by atoms with E-state index in [4.69, 9.17) is 0 Å². The van der Waals surface area contributed by atoms with E-state index in [1.807, 2.05) is 19.1 Å². The molecule has 1 atom stereocenters. The van der Waals surface area contributed by atoms with Crippen molar-refractivity contribution >= 4 is 44.6 Å². The Bertz CT molecular complexity index is 1470. The molecule has 3 aromatic rings. The molecule has 0 aliphatic carbocycles. The predicted molar refractivity (Wildman–Crippen MR) is 154 cm³/mol. The number of fused-ring (bicyclic) bond motifs is 1. The van der Waals surface area contributed by atoms with Gasteiger partial charge in [-0.3, -0.25) is 18.8 Å². The molecule has 1 fully saturated rings. The Hall–Kier alpha value is -3.96. The topological polar surface area (TPSA) is 102 Å². The molecule has 2 heterocycles. The Labute approximate surface area is 233 Å². The molecule has 0 aromatic heterocycles. The van der Waals surface area contributed by atoms with Crippen LogP contribution in [-0.2, 0) is 19.6 Å². The fraction of sp³-hybridized carbons (Fsp3) is 0.310. The first-order chi connectivity index (χ1) is 19.3. The van der Waals surface area contributed by atoms with Crippen LogP contribution >= 0.6 is 0 Å². The molecule has 1 saturated heterocycles. The number of para-hydroxylation sites is 2. The van der Waals surface area contributed by atoms with Crippen molar-refractivity contribution in [1.82, 2.24) is 4.90 Å². The van der Waals surface area contributed by atoms with Gasteiger partial charge < -0.3 is 15.5 Å². The number of anilines is 4. The van der Waals surface area contributed by atoms with Crippen molar-refractivity contribution < 1.29 is 22.4 Å². The van der Waals surface area contributed by atoms with Crippen LogP contribution in [0.1, 0.15) is 12.0 Å². The molecule has 210 valence electrons. The number of nitrogens with one attached hydrogen (secondary N) is 2. The minimum atomic E-state index is -4.16. The molecule has 0 unspecified atom stereocenters. The predicted octanol–water partition coefficient (Wildman–Crippen LogP) is 3.63. The number of carbonyl (C=O) groups excluding carboxylic acids is 2. The lowest BCUT2D eigenvalue weighted by molar-refractivity contribution is -0.122. The average molecular weight is 566 g/mol. The third kappa shape index (κ3) is 5.80.